The normalized spacial score (nSPS) is 22.4. The number of hydrogen-bond acceptors (Lipinski definition) is 5. The summed E-state index contributed by atoms with van der Waals surface area (Å²) in [4.78, 5) is 34.2. The molecule has 0 spiro atoms. The maximum atomic E-state index is 13.7. The minimum atomic E-state index is -1.01. The van der Waals surface area contributed by atoms with Crippen molar-refractivity contribution in [1.82, 2.24) is 0 Å². The van der Waals surface area contributed by atoms with E-state index in [2.05, 4.69) is 0 Å². The van der Waals surface area contributed by atoms with Crippen LogP contribution < -0.4 is 14.7 Å². The van der Waals surface area contributed by atoms with Crippen molar-refractivity contribution in [2.75, 3.05) is 17.1 Å². The molecule has 162 valence electrons. The summed E-state index contributed by atoms with van der Waals surface area (Å²) in [6.45, 7) is 0. The molecule has 8 heteroatoms. The van der Waals surface area contributed by atoms with Crippen LogP contribution in [-0.4, -0.2) is 25.0 Å². The molecule has 0 unspecified atom stereocenters. The number of amides is 2. The van der Waals surface area contributed by atoms with E-state index in [-0.39, 0.29) is 15.7 Å². The van der Waals surface area contributed by atoms with Gasteiger partial charge in [-0.3, -0.25) is 14.4 Å². The van der Waals surface area contributed by atoms with E-state index in [4.69, 9.17) is 32.8 Å². The zero-order valence-electron chi connectivity index (χ0n) is 16.9. The number of anilines is 2. The zero-order valence-corrected chi connectivity index (χ0v) is 18.5. The monoisotopic (exact) mass is 468 g/mol. The third-order valence-corrected chi connectivity index (χ3v) is 6.33. The van der Waals surface area contributed by atoms with Crippen LogP contribution in [0.3, 0.4) is 0 Å². The van der Waals surface area contributed by atoms with Crippen molar-refractivity contribution >= 4 is 46.4 Å². The Bertz CT molecular complexity index is 1180. The van der Waals surface area contributed by atoms with Gasteiger partial charge in [-0.25, -0.2) is 9.96 Å². The number of rotatable bonds is 4. The predicted molar refractivity (Wildman–Crippen MR) is 122 cm³/mol. The Hall–Kier alpha value is -3.06. The highest BCUT2D eigenvalue weighted by Crippen LogP contribution is 2.49. The number of halogens is 2. The number of benzene rings is 3. The Balaban J connectivity index is 1.62. The third kappa shape index (κ3) is 3.23. The van der Waals surface area contributed by atoms with Crippen molar-refractivity contribution in [3.8, 4) is 5.75 Å². The van der Waals surface area contributed by atoms with Gasteiger partial charge in [0, 0.05) is 0 Å². The van der Waals surface area contributed by atoms with Gasteiger partial charge in [-0.2, -0.15) is 0 Å². The molecule has 32 heavy (non-hydrogen) atoms. The van der Waals surface area contributed by atoms with Crippen LogP contribution in [0.1, 0.15) is 11.6 Å². The van der Waals surface area contributed by atoms with Crippen LogP contribution in [0.15, 0.2) is 72.8 Å². The second kappa shape index (κ2) is 8.13. The quantitative estimate of drug-likeness (QED) is 0.501. The summed E-state index contributed by atoms with van der Waals surface area (Å²) in [6.07, 6.45) is -1.01. The minimum absolute atomic E-state index is 0.180. The molecule has 2 aliphatic heterocycles. The highest BCUT2D eigenvalue weighted by Gasteiger charge is 2.60. The number of carbonyl (C=O) groups excluding carboxylic acids is 2. The lowest BCUT2D eigenvalue weighted by atomic mass is 9.90. The molecule has 0 aliphatic carbocycles. The molecule has 2 amide bonds. The molecule has 0 aromatic heterocycles. The van der Waals surface area contributed by atoms with Gasteiger partial charge in [-0.15, -0.1) is 0 Å². The maximum Gasteiger partial charge on any atom is 0.266 e. The summed E-state index contributed by atoms with van der Waals surface area (Å²) in [5, 5.41) is 2.07. The summed E-state index contributed by atoms with van der Waals surface area (Å²) in [7, 11) is 1.58. The lowest BCUT2D eigenvalue weighted by Crippen LogP contribution is -2.37. The van der Waals surface area contributed by atoms with Crippen molar-refractivity contribution in [1.29, 1.82) is 0 Å². The number of fused-ring (bicyclic) bond motifs is 1. The first-order valence-corrected chi connectivity index (χ1v) is 10.7. The summed E-state index contributed by atoms with van der Waals surface area (Å²) in [5.74, 6) is -1.06. The van der Waals surface area contributed by atoms with Gasteiger partial charge in [0.2, 0.25) is 5.91 Å². The second-order valence-corrected chi connectivity index (χ2v) is 8.33. The number of nitrogens with zero attached hydrogens (tertiary/aromatic N) is 2. The molecule has 3 aromatic carbocycles. The van der Waals surface area contributed by atoms with Gasteiger partial charge in [0.15, 0.2) is 6.10 Å². The average Bonchev–Trinajstić information content (AvgIpc) is 3.31. The molecule has 2 fully saturated rings. The van der Waals surface area contributed by atoms with Crippen molar-refractivity contribution in [3.05, 3.63) is 88.4 Å². The number of hydrogen-bond donors (Lipinski definition) is 0. The summed E-state index contributed by atoms with van der Waals surface area (Å²) in [5.41, 5.74) is 1.70. The van der Waals surface area contributed by atoms with Crippen LogP contribution in [-0.2, 0) is 14.4 Å². The van der Waals surface area contributed by atoms with Gasteiger partial charge in [0.05, 0.1) is 34.6 Å². The van der Waals surface area contributed by atoms with Crippen LogP contribution in [0.4, 0.5) is 11.4 Å². The predicted octanol–water partition coefficient (Wildman–Crippen LogP) is 5.05. The fourth-order valence-electron chi connectivity index (χ4n) is 4.30. The molecule has 3 aromatic rings. The van der Waals surface area contributed by atoms with Crippen molar-refractivity contribution in [2.24, 2.45) is 5.92 Å². The number of methoxy groups -OCH3 is 1. The van der Waals surface area contributed by atoms with E-state index in [0.717, 1.165) is 16.2 Å². The van der Waals surface area contributed by atoms with E-state index in [1.807, 2.05) is 54.6 Å². The molecule has 2 heterocycles. The molecular formula is C24H18Cl2N2O4. The Morgan fingerprint density at radius 2 is 1.56 bits per heavy atom. The smallest absolute Gasteiger partial charge is 0.266 e. The molecule has 6 nitrogen and oxygen atoms in total. The number of ether oxygens (including phenoxy) is 1. The SMILES string of the molecule is COc1cccc([C@H]2[C@H]3C(=O)N(c4c(Cl)cccc4Cl)C(=O)[C@H]3ON2c2ccccc2)c1. The van der Waals surface area contributed by atoms with Crippen molar-refractivity contribution in [3.63, 3.8) is 0 Å². The minimum Gasteiger partial charge on any atom is -0.497 e. The van der Waals surface area contributed by atoms with E-state index < -0.39 is 29.9 Å². The van der Waals surface area contributed by atoms with Crippen LogP contribution in [0.5, 0.6) is 5.75 Å². The molecule has 0 N–H and O–H groups in total. The first-order chi connectivity index (χ1) is 15.5. The zero-order chi connectivity index (χ0) is 22.4. The van der Waals surface area contributed by atoms with E-state index in [1.54, 1.807) is 30.4 Å². The van der Waals surface area contributed by atoms with Gasteiger partial charge in [0.25, 0.3) is 5.91 Å². The van der Waals surface area contributed by atoms with Crippen LogP contribution in [0, 0.1) is 5.92 Å². The van der Waals surface area contributed by atoms with Gasteiger partial charge in [0.1, 0.15) is 11.7 Å². The lowest BCUT2D eigenvalue weighted by Gasteiger charge is -2.29. The maximum absolute atomic E-state index is 13.7. The largest absolute Gasteiger partial charge is 0.497 e. The molecule has 0 saturated carbocycles. The Kier molecular flexibility index (Phi) is 5.29. The van der Waals surface area contributed by atoms with Gasteiger partial charge >= 0.3 is 0 Å². The fourth-order valence-corrected chi connectivity index (χ4v) is 4.87. The molecule has 0 bridgehead atoms. The fraction of sp³-hybridized carbons (Fsp3) is 0.167. The topological polar surface area (TPSA) is 59.1 Å². The number of hydroxylamine groups is 1. The Morgan fingerprint density at radius 1 is 0.875 bits per heavy atom. The highest BCUT2D eigenvalue weighted by molar-refractivity contribution is 6.42. The van der Waals surface area contributed by atoms with Crippen LogP contribution in [0.25, 0.3) is 0 Å². The van der Waals surface area contributed by atoms with E-state index in [0.29, 0.717) is 5.75 Å². The second-order valence-electron chi connectivity index (χ2n) is 7.52. The van der Waals surface area contributed by atoms with Crippen molar-refractivity contribution in [2.45, 2.75) is 12.1 Å². The molecule has 2 aliphatic rings. The highest BCUT2D eigenvalue weighted by atomic mass is 35.5. The van der Waals surface area contributed by atoms with Crippen LogP contribution in [0.2, 0.25) is 10.0 Å². The first kappa shape index (κ1) is 20.8. The number of para-hydroxylation sites is 2. The molecule has 5 rings (SSSR count). The van der Waals surface area contributed by atoms with E-state index in [9.17, 15) is 9.59 Å². The summed E-state index contributed by atoms with van der Waals surface area (Å²) in [6, 6.07) is 21.0. The standard InChI is InChI=1S/C24H18Cl2N2O4/c1-31-16-10-5-7-14(13-16)20-19-22(32-28(20)15-8-3-2-4-9-15)24(30)27(23(19)29)21-17(25)11-6-12-18(21)26/h2-13,19-20,22H,1H3/t19-,20+,22+/m1/s1. The van der Waals surface area contributed by atoms with Gasteiger partial charge < -0.3 is 4.74 Å². The molecule has 3 atom stereocenters. The molecular weight excluding hydrogens is 451 g/mol. The number of carbonyl (C=O) groups is 2. The number of imide groups is 1. The summed E-state index contributed by atoms with van der Waals surface area (Å²) >= 11 is 12.6. The lowest BCUT2D eigenvalue weighted by molar-refractivity contribution is -0.126. The summed E-state index contributed by atoms with van der Waals surface area (Å²) < 4.78 is 5.38. The van der Waals surface area contributed by atoms with E-state index in [1.165, 1.54) is 0 Å². The molecule has 0 radical (unpaired) electrons. The molecule has 2 saturated heterocycles. The first-order valence-electron chi connectivity index (χ1n) is 9.98. The van der Waals surface area contributed by atoms with Crippen LogP contribution >= 0.6 is 23.2 Å². The van der Waals surface area contributed by atoms with E-state index >= 15 is 0 Å². The average molecular weight is 469 g/mol. The van der Waals surface area contributed by atoms with Crippen molar-refractivity contribution < 1.29 is 19.2 Å². The Labute approximate surface area is 194 Å². The van der Waals surface area contributed by atoms with Gasteiger partial charge in [-0.05, 0) is 42.0 Å². The Morgan fingerprint density at radius 3 is 2.25 bits per heavy atom. The van der Waals surface area contributed by atoms with Gasteiger partial charge in [-0.1, -0.05) is 59.6 Å². The third-order valence-electron chi connectivity index (χ3n) is 5.72.